The van der Waals surface area contributed by atoms with Crippen LogP contribution in [0.1, 0.15) is 34.1 Å². The first kappa shape index (κ1) is 26.2. The number of hydrogen-bond donors (Lipinski definition) is 1. The Kier molecular flexibility index (Phi) is 17.9. The van der Waals surface area contributed by atoms with Crippen LogP contribution in [0.4, 0.5) is 0 Å². The van der Waals surface area contributed by atoms with Gasteiger partial charge in [0.1, 0.15) is 4.32 Å². The second kappa shape index (κ2) is 11.6. The molecule has 0 saturated heterocycles. The molecule has 0 unspecified atom stereocenters. The second-order valence-electron chi connectivity index (χ2n) is 4.07. The van der Waals surface area contributed by atoms with Crippen molar-refractivity contribution in [3.8, 4) is 0 Å². The van der Waals surface area contributed by atoms with Gasteiger partial charge < -0.3 is 19.1 Å². The molecule has 0 heterocycles. The van der Waals surface area contributed by atoms with Gasteiger partial charge in [-0.15, -0.1) is 0 Å². The maximum Gasteiger partial charge on any atom is 2.00 e. The van der Waals surface area contributed by atoms with E-state index in [4.69, 9.17) is 9.99 Å². The van der Waals surface area contributed by atoms with E-state index in [1.54, 1.807) is 21.0 Å². The van der Waals surface area contributed by atoms with E-state index in [1.807, 2.05) is 13.8 Å². The van der Waals surface area contributed by atoms with Crippen LogP contribution in [0.3, 0.4) is 0 Å². The molecule has 0 aliphatic rings. The standard InChI is InChI=1S/C6H13O.C4H7BrO3.CH3.W/c1-5-6(2,3)7-4;1-4(2,5)3(6)8-7;;/h1,5H2,2-4H3;7H,1-2H3;1H3;/q-1;;-1;+2. The maximum atomic E-state index is 10.3. The van der Waals surface area contributed by atoms with E-state index in [-0.39, 0.29) is 34.1 Å². The molecule has 0 bridgehead atoms. The van der Waals surface area contributed by atoms with Gasteiger partial charge in [0.2, 0.25) is 0 Å². The van der Waals surface area contributed by atoms with Crippen LogP contribution in [0.5, 0.6) is 0 Å². The smallest absolute Gasteiger partial charge is 0.381 e. The van der Waals surface area contributed by atoms with E-state index in [2.05, 4.69) is 27.7 Å². The molecule has 4 nitrogen and oxygen atoms in total. The summed E-state index contributed by atoms with van der Waals surface area (Å²) in [6, 6.07) is 0. The molecule has 0 aliphatic heterocycles. The molecule has 1 N–H and O–H groups in total. The van der Waals surface area contributed by atoms with Crippen molar-refractivity contribution >= 4 is 21.9 Å². The van der Waals surface area contributed by atoms with Crippen LogP contribution in [0.25, 0.3) is 0 Å². The van der Waals surface area contributed by atoms with Crippen LogP contribution < -0.4 is 0 Å². The molecule has 6 heteroatoms. The first-order valence-corrected chi connectivity index (χ1v) is 5.29. The number of ether oxygens (including phenoxy) is 1. The van der Waals surface area contributed by atoms with Gasteiger partial charge in [-0.05, 0) is 27.7 Å². The third-order valence-corrected chi connectivity index (χ3v) is 2.05. The normalized spacial score (nSPS) is 10.1. The summed E-state index contributed by atoms with van der Waals surface area (Å²) in [5.74, 6) is -0.697. The number of carbonyl (C=O) groups is 1. The van der Waals surface area contributed by atoms with Gasteiger partial charge in [0, 0.05) is 12.7 Å². The minimum Gasteiger partial charge on any atom is -0.381 e. The van der Waals surface area contributed by atoms with E-state index in [0.717, 1.165) is 6.42 Å². The molecule has 0 radical (unpaired) electrons. The van der Waals surface area contributed by atoms with E-state index >= 15 is 0 Å². The first-order valence-electron chi connectivity index (χ1n) is 4.50. The molecule has 104 valence electrons. The summed E-state index contributed by atoms with van der Waals surface area (Å²) >= 11 is 2.97. The van der Waals surface area contributed by atoms with Crippen LogP contribution in [0.15, 0.2) is 0 Å². The van der Waals surface area contributed by atoms with Crippen LogP contribution >= 0.6 is 15.9 Å². The fourth-order valence-corrected chi connectivity index (χ4v) is 0.283. The molecule has 17 heavy (non-hydrogen) atoms. The van der Waals surface area contributed by atoms with Crippen molar-refractivity contribution < 1.29 is 40.7 Å². The SMILES string of the molecule is CC(C)(Br)C(=O)OO.[CH2-]CC(C)(C)OC.[CH3-].[W+2]. The summed E-state index contributed by atoms with van der Waals surface area (Å²) < 4.78 is 4.23. The zero-order valence-corrected chi connectivity index (χ0v) is 15.9. The van der Waals surface area contributed by atoms with Crippen molar-refractivity contribution in [1.82, 2.24) is 0 Å². The Bertz CT molecular complexity index is 184. The topological polar surface area (TPSA) is 55.8 Å². The van der Waals surface area contributed by atoms with Crippen molar-refractivity contribution in [3.05, 3.63) is 14.4 Å². The Morgan fingerprint density at radius 3 is 1.71 bits per heavy atom. The van der Waals surface area contributed by atoms with Crippen LogP contribution in [0, 0.1) is 14.4 Å². The summed E-state index contributed by atoms with van der Waals surface area (Å²) in [5.41, 5.74) is -0.0278. The van der Waals surface area contributed by atoms with Gasteiger partial charge in [0.05, 0.1) is 0 Å². The van der Waals surface area contributed by atoms with E-state index < -0.39 is 10.3 Å². The quantitative estimate of drug-likeness (QED) is 0.290. The molecule has 0 aromatic heterocycles. The third-order valence-electron chi connectivity index (χ3n) is 1.72. The molecule has 0 fully saturated rings. The average Bonchev–Trinajstić information content (AvgIpc) is 2.16. The fraction of sp³-hybridized carbons (Fsp3) is 0.727. The molecule has 0 atom stereocenters. The molecule has 0 saturated carbocycles. The maximum absolute atomic E-state index is 10.3. The van der Waals surface area contributed by atoms with Crippen molar-refractivity contribution in [1.29, 1.82) is 0 Å². The van der Waals surface area contributed by atoms with Gasteiger partial charge >= 0.3 is 27.0 Å². The molecule has 0 aromatic rings. The number of alkyl halides is 1. The van der Waals surface area contributed by atoms with Crippen LogP contribution in [0.2, 0.25) is 0 Å². The summed E-state index contributed by atoms with van der Waals surface area (Å²) in [5, 5.41) is 7.79. The predicted molar refractivity (Wildman–Crippen MR) is 69.2 cm³/mol. The molecule has 0 spiro atoms. The molecular formula is C11H23BrO4W. The van der Waals surface area contributed by atoms with Gasteiger partial charge in [-0.25, -0.2) is 4.79 Å². The molecule has 0 rings (SSSR count). The predicted octanol–water partition coefficient (Wildman–Crippen LogP) is 3.26. The first-order chi connectivity index (χ1) is 6.60. The Hall–Kier alpha value is 0.558. The zero-order valence-electron chi connectivity index (χ0n) is 11.4. The van der Waals surface area contributed by atoms with Crippen LogP contribution in [-0.2, 0) is 35.5 Å². The van der Waals surface area contributed by atoms with Gasteiger partial charge in [0.25, 0.3) is 0 Å². The van der Waals surface area contributed by atoms with Crippen molar-refractivity contribution in [2.75, 3.05) is 7.11 Å². The molecule has 0 amide bonds. The molecule has 0 aliphatic carbocycles. The third kappa shape index (κ3) is 16.6. The Labute approximate surface area is 128 Å². The number of halogens is 1. The molecular weight excluding hydrogens is 460 g/mol. The Balaban J connectivity index is -0.0000000896. The van der Waals surface area contributed by atoms with Crippen molar-refractivity contribution in [3.63, 3.8) is 0 Å². The number of carbonyl (C=O) groups excluding carboxylic acids is 1. The van der Waals surface area contributed by atoms with Gasteiger partial charge in [-0.1, -0.05) is 15.9 Å². The second-order valence-corrected chi connectivity index (χ2v) is 6.05. The summed E-state index contributed by atoms with van der Waals surface area (Å²) in [4.78, 5) is 13.7. The van der Waals surface area contributed by atoms with Crippen LogP contribution in [-0.4, -0.2) is 28.3 Å². The minimum absolute atomic E-state index is 0. The Morgan fingerprint density at radius 2 is 1.71 bits per heavy atom. The van der Waals surface area contributed by atoms with Gasteiger partial charge in [-0.3, -0.25) is 4.89 Å². The number of rotatable bonds is 3. The van der Waals surface area contributed by atoms with E-state index in [0.29, 0.717) is 0 Å². The van der Waals surface area contributed by atoms with Gasteiger partial charge in [-0.2, -0.15) is 11.7 Å². The molecule has 0 aromatic carbocycles. The fourth-order valence-electron chi connectivity index (χ4n) is 0.211. The van der Waals surface area contributed by atoms with E-state index in [1.165, 1.54) is 0 Å². The minimum atomic E-state index is -0.790. The average molecular weight is 483 g/mol. The Morgan fingerprint density at radius 1 is 1.35 bits per heavy atom. The van der Waals surface area contributed by atoms with Crippen molar-refractivity contribution in [2.24, 2.45) is 0 Å². The summed E-state index contributed by atoms with van der Waals surface area (Å²) in [6.07, 6.45) is 0.823. The van der Waals surface area contributed by atoms with E-state index in [9.17, 15) is 4.79 Å². The number of methoxy groups -OCH3 is 1. The number of hydrogen-bond acceptors (Lipinski definition) is 4. The zero-order chi connectivity index (χ0) is 12.7. The van der Waals surface area contributed by atoms with Gasteiger partial charge in [0.15, 0.2) is 0 Å². The summed E-state index contributed by atoms with van der Waals surface area (Å²) in [6.45, 7) is 10.9. The largest absolute Gasteiger partial charge is 2.00 e. The van der Waals surface area contributed by atoms with Crippen molar-refractivity contribution in [2.45, 2.75) is 44.0 Å². The monoisotopic (exact) mass is 482 g/mol. The summed E-state index contributed by atoms with van der Waals surface area (Å²) in [7, 11) is 1.70.